The van der Waals surface area contributed by atoms with Crippen molar-refractivity contribution < 1.29 is 18.7 Å². The third-order valence-corrected chi connectivity index (χ3v) is 5.84. The molecule has 30 heavy (non-hydrogen) atoms. The third kappa shape index (κ3) is 6.20. The lowest BCUT2D eigenvalue weighted by molar-refractivity contribution is -0.131. The molecule has 6 heteroatoms. The van der Waals surface area contributed by atoms with Crippen LogP contribution in [0.2, 0.25) is 0 Å². The maximum atomic E-state index is 12.3. The Morgan fingerprint density at radius 2 is 1.93 bits per heavy atom. The molecule has 0 spiro atoms. The lowest BCUT2D eigenvalue weighted by atomic mass is 9.75. The van der Waals surface area contributed by atoms with E-state index in [9.17, 15) is 9.59 Å². The van der Waals surface area contributed by atoms with Crippen LogP contribution in [0.1, 0.15) is 56.2 Å². The van der Waals surface area contributed by atoms with Crippen molar-refractivity contribution in [3.8, 4) is 0 Å². The molecule has 3 atom stereocenters. The fourth-order valence-corrected chi connectivity index (χ4v) is 4.05. The Hall–Kier alpha value is -2.60. The van der Waals surface area contributed by atoms with Crippen molar-refractivity contribution in [1.82, 2.24) is 5.32 Å². The first kappa shape index (κ1) is 22.1. The van der Waals surface area contributed by atoms with Crippen molar-refractivity contribution in [2.75, 3.05) is 11.9 Å². The van der Waals surface area contributed by atoms with Crippen LogP contribution in [0, 0.1) is 17.8 Å². The molecule has 0 aliphatic heterocycles. The number of nitrogens with one attached hydrogen (secondary N) is 2. The molecule has 1 saturated carbocycles. The van der Waals surface area contributed by atoms with Gasteiger partial charge < -0.3 is 19.8 Å². The summed E-state index contributed by atoms with van der Waals surface area (Å²) in [5.74, 6) is 1.61. The first-order valence-corrected chi connectivity index (χ1v) is 10.7. The molecule has 1 aliphatic carbocycles. The highest BCUT2D eigenvalue weighted by atomic mass is 16.5. The summed E-state index contributed by atoms with van der Waals surface area (Å²) in [4.78, 5) is 24.2. The first-order valence-electron chi connectivity index (χ1n) is 10.7. The van der Waals surface area contributed by atoms with E-state index < -0.39 is 0 Å². The van der Waals surface area contributed by atoms with Crippen molar-refractivity contribution in [3.05, 3.63) is 54.0 Å². The maximum absolute atomic E-state index is 12.3. The topological polar surface area (TPSA) is 80.6 Å². The zero-order valence-electron chi connectivity index (χ0n) is 18.0. The molecule has 2 aromatic rings. The zero-order chi connectivity index (χ0) is 21.5. The smallest absolute Gasteiger partial charge is 0.291 e. The molecular weight excluding hydrogens is 380 g/mol. The van der Waals surface area contributed by atoms with Gasteiger partial charge in [0.15, 0.2) is 5.76 Å². The van der Waals surface area contributed by atoms with Crippen LogP contribution in [-0.2, 0) is 16.1 Å². The van der Waals surface area contributed by atoms with Crippen LogP contribution < -0.4 is 10.6 Å². The highest BCUT2D eigenvalue weighted by Gasteiger charge is 2.31. The largest absolute Gasteiger partial charge is 0.459 e. The molecule has 2 N–H and O–H groups in total. The van der Waals surface area contributed by atoms with E-state index in [1.165, 1.54) is 19.1 Å². The number of anilines is 1. The molecule has 1 heterocycles. The number of furan rings is 1. The van der Waals surface area contributed by atoms with Gasteiger partial charge in [0.1, 0.15) is 6.61 Å². The molecule has 3 rings (SSSR count). The number of hydrogen-bond acceptors (Lipinski definition) is 4. The predicted octanol–water partition coefficient (Wildman–Crippen LogP) is 4.63. The zero-order valence-corrected chi connectivity index (χ0v) is 18.0. The van der Waals surface area contributed by atoms with Crippen LogP contribution >= 0.6 is 0 Å². The summed E-state index contributed by atoms with van der Waals surface area (Å²) in [6.45, 7) is 7.24. The number of rotatable bonds is 8. The van der Waals surface area contributed by atoms with Gasteiger partial charge in [0.2, 0.25) is 5.91 Å². The predicted molar refractivity (Wildman–Crippen MR) is 116 cm³/mol. The lowest BCUT2D eigenvalue weighted by Crippen LogP contribution is -2.37. The molecule has 0 bridgehead atoms. The first-order chi connectivity index (χ1) is 14.4. The van der Waals surface area contributed by atoms with E-state index in [0.29, 0.717) is 30.0 Å². The summed E-state index contributed by atoms with van der Waals surface area (Å²) in [6, 6.07) is 10.6. The number of carbonyl (C=O) groups excluding carboxylic acids is 2. The fourth-order valence-electron chi connectivity index (χ4n) is 4.05. The van der Waals surface area contributed by atoms with Gasteiger partial charge >= 0.3 is 0 Å². The minimum atomic E-state index is -0.296. The summed E-state index contributed by atoms with van der Waals surface area (Å²) in [6.07, 6.45) is 5.07. The van der Waals surface area contributed by atoms with Crippen molar-refractivity contribution >= 4 is 17.5 Å². The molecule has 1 aliphatic rings. The lowest BCUT2D eigenvalue weighted by Gasteiger charge is -2.37. The van der Waals surface area contributed by atoms with Crippen molar-refractivity contribution in [3.63, 3.8) is 0 Å². The molecule has 0 saturated heterocycles. The van der Waals surface area contributed by atoms with Gasteiger partial charge in [-0.1, -0.05) is 39.3 Å². The van der Waals surface area contributed by atoms with E-state index in [1.54, 1.807) is 24.3 Å². The quantitative estimate of drug-likeness (QED) is 0.663. The summed E-state index contributed by atoms with van der Waals surface area (Å²) in [5, 5.41) is 5.68. The number of carbonyl (C=O) groups is 2. The van der Waals surface area contributed by atoms with Gasteiger partial charge in [0, 0.05) is 12.2 Å². The molecular formula is C24H32N2O4. The number of benzene rings is 1. The summed E-state index contributed by atoms with van der Waals surface area (Å²) >= 11 is 0. The Kier molecular flexibility index (Phi) is 7.69. The average molecular weight is 413 g/mol. The van der Waals surface area contributed by atoms with Crippen molar-refractivity contribution in [2.45, 2.75) is 52.7 Å². The van der Waals surface area contributed by atoms with Crippen LogP contribution in [0.5, 0.6) is 0 Å². The summed E-state index contributed by atoms with van der Waals surface area (Å²) in [5.41, 5.74) is 1.62. The number of ether oxygens (including phenoxy) is 1. The minimum absolute atomic E-state index is 0.0951. The molecule has 0 radical (unpaired) electrons. The van der Waals surface area contributed by atoms with Gasteiger partial charge in [0.25, 0.3) is 5.91 Å². The molecule has 1 aromatic heterocycles. The fraction of sp³-hybridized carbons (Fsp3) is 0.500. The monoisotopic (exact) mass is 412 g/mol. The molecule has 6 nitrogen and oxygen atoms in total. The van der Waals surface area contributed by atoms with E-state index in [-0.39, 0.29) is 30.3 Å². The Bertz CT molecular complexity index is 814. The van der Waals surface area contributed by atoms with E-state index in [4.69, 9.17) is 9.15 Å². The van der Waals surface area contributed by atoms with Gasteiger partial charge in [-0.3, -0.25) is 9.59 Å². The Morgan fingerprint density at radius 3 is 2.60 bits per heavy atom. The van der Waals surface area contributed by atoms with Crippen LogP contribution in [-0.4, -0.2) is 24.5 Å². The highest BCUT2D eigenvalue weighted by Crippen LogP contribution is 2.35. The van der Waals surface area contributed by atoms with Gasteiger partial charge in [-0.25, -0.2) is 0 Å². The van der Waals surface area contributed by atoms with E-state index >= 15 is 0 Å². The number of amides is 2. The Balaban J connectivity index is 1.42. The van der Waals surface area contributed by atoms with E-state index in [0.717, 1.165) is 12.0 Å². The van der Waals surface area contributed by atoms with E-state index in [1.807, 2.05) is 12.1 Å². The Morgan fingerprint density at radius 1 is 1.17 bits per heavy atom. The van der Waals surface area contributed by atoms with Crippen molar-refractivity contribution in [2.24, 2.45) is 17.8 Å². The van der Waals surface area contributed by atoms with Crippen LogP contribution in [0.3, 0.4) is 0 Å². The summed E-state index contributed by atoms with van der Waals surface area (Å²) in [7, 11) is 0. The highest BCUT2D eigenvalue weighted by molar-refractivity contribution is 6.02. The normalized spacial score (nSPS) is 21.4. The molecule has 3 unspecified atom stereocenters. The van der Waals surface area contributed by atoms with Crippen LogP contribution in [0.4, 0.5) is 5.69 Å². The van der Waals surface area contributed by atoms with Gasteiger partial charge in [-0.15, -0.1) is 0 Å². The van der Waals surface area contributed by atoms with Crippen molar-refractivity contribution in [1.29, 1.82) is 0 Å². The average Bonchev–Trinajstić information content (AvgIpc) is 3.26. The second-order valence-electron chi connectivity index (χ2n) is 8.58. The van der Waals surface area contributed by atoms with Gasteiger partial charge in [0.05, 0.1) is 12.4 Å². The maximum Gasteiger partial charge on any atom is 0.291 e. The summed E-state index contributed by atoms with van der Waals surface area (Å²) < 4.78 is 11.1. The van der Waals surface area contributed by atoms with Crippen LogP contribution in [0.15, 0.2) is 47.1 Å². The second kappa shape index (κ2) is 10.4. The van der Waals surface area contributed by atoms with E-state index in [2.05, 4.69) is 31.4 Å². The van der Waals surface area contributed by atoms with Gasteiger partial charge in [-0.05, 0) is 60.4 Å². The SMILES string of the molecule is CC1CCC(C(C)C)C(OCC(=O)NCc2ccc(NC(=O)c3ccco3)cc2)C1. The Labute approximate surface area is 178 Å². The molecule has 1 aromatic carbocycles. The molecule has 162 valence electrons. The second-order valence-corrected chi connectivity index (χ2v) is 8.58. The van der Waals surface area contributed by atoms with Crippen LogP contribution in [0.25, 0.3) is 0 Å². The molecule has 1 fully saturated rings. The number of hydrogen-bond donors (Lipinski definition) is 2. The molecule has 2 amide bonds. The van der Waals surface area contributed by atoms with Gasteiger partial charge in [-0.2, -0.15) is 0 Å². The third-order valence-electron chi connectivity index (χ3n) is 5.84. The minimum Gasteiger partial charge on any atom is -0.459 e. The standard InChI is InChI=1S/C24H32N2O4/c1-16(2)20-11-6-17(3)13-22(20)30-15-23(27)25-14-18-7-9-19(10-8-18)26-24(28)21-5-4-12-29-21/h4-5,7-10,12,16-17,20,22H,6,11,13-15H2,1-3H3,(H,25,27)(H,26,28).